The van der Waals surface area contributed by atoms with Gasteiger partial charge in [-0.15, -0.1) is 0 Å². The van der Waals surface area contributed by atoms with Gasteiger partial charge in [0.2, 0.25) is 0 Å². The molecule has 0 aliphatic heterocycles. The number of aliphatic hydroxyl groups is 1. The Morgan fingerprint density at radius 1 is 1.22 bits per heavy atom. The number of aliphatic hydroxyl groups excluding tert-OH is 1. The van der Waals surface area contributed by atoms with Crippen LogP contribution in [0.1, 0.15) is 59.3 Å². The number of rotatable bonds is 1. The topological polar surface area (TPSA) is 37.3 Å². The van der Waals surface area contributed by atoms with Gasteiger partial charge in [0, 0.05) is 11.3 Å². The van der Waals surface area contributed by atoms with Crippen LogP contribution in [0.2, 0.25) is 0 Å². The van der Waals surface area contributed by atoms with Gasteiger partial charge in [-0.2, -0.15) is 0 Å². The smallest absolute Gasteiger partial charge is 0.133 e. The summed E-state index contributed by atoms with van der Waals surface area (Å²) < 4.78 is 0. The van der Waals surface area contributed by atoms with E-state index in [4.69, 9.17) is 0 Å². The lowest BCUT2D eigenvalue weighted by atomic mass is 9.48. The quantitative estimate of drug-likeness (QED) is 0.733. The first kappa shape index (κ1) is 15.6. The summed E-state index contributed by atoms with van der Waals surface area (Å²) in [6.45, 7) is 6.59. The molecule has 2 saturated carbocycles. The van der Waals surface area contributed by atoms with Crippen LogP contribution in [0.3, 0.4) is 0 Å². The van der Waals surface area contributed by atoms with Crippen LogP contribution in [0.15, 0.2) is 23.8 Å². The number of carbonyl (C=O) groups is 1. The Morgan fingerprint density at radius 3 is 2.74 bits per heavy atom. The largest absolute Gasteiger partial charge is 0.389 e. The Kier molecular flexibility index (Phi) is 3.43. The molecule has 0 saturated heterocycles. The van der Waals surface area contributed by atoms with Crippen molar-refractivity contribution in [1.82, 2.24) is 0 Å². The first-order valence-electron chi connectivity index (χ1n) is 9.43. The zero-order valence-electron chi connectivity index (χ0n) is 14.7. The number of hydrogen-bond donors (Lipinski definition) is 1. The molecule has 2 heteroatoms. The van der Waals surface area contributed by atoms with Gasteiger partial charge in [-0.1, -0.05) is 37.6 Å². The lowest BCUT2D eigenvalue weighted by Crippen LogP contribution is -2.49. The van der Waals surface area contributed by atoms with Crippen LogP contribution in [0.5, 0.6) is 0 Å². The van der Waals surface area contributed by atoms with E-state index >= 15 is 0 Å². The molecule has 4 rings (SSSR count). The fourth-order valence-corrected chi connectivity index (χ4v) is 6.90. The molecule has 0 radical (unpaired) electrons. The van der Waals surface area contributed by atoms with Crippen molar-refractivity contribution in [3.63, 3.8) is 0 Å². The van der Waals surface area contributed by atoms with Crippen LogP contribution in [0.25, 0.3) is 0 Å². The van der Waals surface area contributed by atoms with Gasteiger partial charge in [-0.3, -0.25) is 4.79 Å². The third-order valence-electron chi connectivity index (χ3n) is 8.12. The number of fused-ring (bicyclic) bond motifs is 5. The highest BCUT2D eigenvalue weighted by atomic mass is 16.3. The molecule has 23 heavy (non-hydrogen) atoms. The van der Waals surface area contributed by atoms with E-state index in [1.165, 1.54) is 24.8 Å². The predicted octanol–water partition coefficient (Wildman–Crippen LogP) is 4.29. The number of allylic oxidation sites excluding steroid dienone is 2. The van der Waals surface area contributed by atoms with Crippen molar-refractivity contribution in [1.29, 1.82) is 0 Å². The maximum absolute atomic E-state index is 12.1. The Hall–Kier alpha value is -0.890. The van der Waals surface area contributed by atoms with Crippen molar-refractivity contribution < 1.29 is 9.90 Å². The molecule has 0 amide bonds. The van der Waals surface area contributed by atoms with E-state index in [1.807, 2.05) is 6.08 Å². The highest BCUT2D eigenvalue weighted by Crippen LogP contribution is 2.65. The maximum atomic E-state index is 12.1. The summed E-state index contributed by atoms with van der Waals surface area (Å²) in [6.07, 6.45) is 13.2. The Labute approximate surface area is 140 Å². The van der Waals surface area contributed by atoms with E-state index in [0.29, 0.717) is 23.5 Å². The molecule has 7 atom stereocenters. The minimum Gasteiger partial charge on any atom is -0.389 e. The van der Waals surface area contributed by atoms with Gasteiger partial charge in [0.25, 0.3) is 0 Å². The van der Waals surface area contributed by atoms with E-state index in [9.17, 15) is 9.90 Å². The van der Waals surface area contributed by atoms with Crippen LogP contribution in [-0.2, 0) is 4.79 Å². The average molecular weight is 314 g/mol. The van der Waals surface area contributed by atoms with E-state index < -0.39 is 0 Å². The normalized spacial score (nSPS) is 51.5. The monoisotopic (exact) mass is 314 g/mol. The van der Waals surface area contributed by atoms with E-state index in [-0.39, 0.29) is 22.9 Å². The summed E-state index contributed by atoms with van der Waals surface area (Å²) >= 11 is 0. The minimum absolute atomic E-state index is 0.137. The summed E-state index contributed by atoms with van der Waals surface area (Å²) in [5.74, 6) is 2.80. The molecule has 0 aromatic heterocycles. The molecular weight excluding hydrogens is 284 g/mol. The van der Waals surface area contributed by atoms with Gasteiger partial charge in [0.1, 0.15) is 5.78 Å². The molecule has 1 N–H and O–H groups in total. The molecule has 7 unspecified atom stereocenters. The molecular formula is C21H30O2. The van der Waals surface area contributed by atoms with Crippen LogP contribution in [0.4, 0.5) is 0 Å². The van der Waals surface area contributed by atoms with Crippen LogP contribution in [0, 0.1) is 34.5 Å². The lowest BCUT2D eigenvalue weighted by Gasteiger charge is -2.56. The predicted molar refractivity (Wildman–Crippen MR) is 91.8 cm³/mol. The zero-order chi connectivity index (χ0) is 16.4. The second-order valence-electron chi connectivity index (χ2n) is 9.04. The van der Waals surface area contributed by atoms with Crippen molar-refractivity contribution >= 4 is 5.78 Å². The van der Waals surface area contributed by atoms with E-state index in [2.05, 4.69) is 26.0 Å². The summed E-state index contributed by atoms with van der Waals surface area (Å²) in [7, 11) is 0. The van der Waals surface area contributed by atoms with Gasteiger partial charge < -0.3 is 5.11 Å². The number of ketones is 1. The molecule has 2 nitrogen and oxygen atoms in total. The summed E-state index contributed by atoms with van der Waals surface area (Å²) in [5.41, 5.74) is 1.82. The average Bonchev–Trinajstić information content (AvgIpc) is 2.85. The molecule has 0 bridgehead atoms. The van der Waals surface area contributed by atoms with Gasteiger partial charge in [0.05, 0.1) is 6.10 Å². The Morgan fingerprint density at radius 2 is 2.00 bits per heavy atom. The maximum Gasteiger partial charge on any atom is 0.133 e. The van der Waals surface area contributed by atoms with Crippen molar-refractivity contribution in [2.24, 2.45) is 34.5 Å². The van der Waals surface area contributed by atoms with Crippen molar-refractivity contribution in [3.8, 4) is 0 Å². The third-order valence-corrected chi connectivity index (χ3v) is 8.12. The van der Waals surface area contributed by atoms with E-state index in [0.717, 1.165) is 19.3 Å². The SMILES string of the molecule is CC(=O)C1CCC2C3CC=C4CC(O)C=CC4(C)C3CCC12C. The van der Waals surface area contributed by atoms with Crippen molar-refractivity contribution in [2.75, 3.05) is 0 Å². The first-order chi connectivity index (χ1) is 10.9. The summed E-state index contributed by atoms with van der Waals surface area (Å²) in [5, 5.41) is 9.98. The summed E-state index contributed by atoms with van der Waals surface area (Å²) in [6, 6.07) is 0. The molecule has 0 heterocycles. The molecule has 2 fully saturated rings. The van der Waals surface area contributed by atoms with Crippen LogP contribution in [-0.4, -0.2) is 17.0 Å². The number of hydrogen-bond acceptors (Lipinski definition) is 2. The molecule has 4 aliphatic rings. The second kappa shape index (κ2) is 5.05. The molecule has 0 aromatic carbocycles. The Bertz CT molecular complexity index is 589. The van der Waals surface area contributed by atoms with Gasteiger partial charge in [-0.05, 0) is 68.6 Å². The third kappa shape index (κ3) is 2.06. The number of carbonyl (C=O) groups excluding carboxylic acids is 1. The Balaban J connectivity index is 1.69. The minimum atomic E-state index is -0.298. The van der Waals surface area contributed by atoms with Crippen molar-refractivity contribution in [2.45, 2.75) is 65.4 Å². The molecule has 0 spiro atoms. The standard InChI is InChI=1S/C21H30O2/c1-13(22)17-6-7-18-16-5-4-14-12-15(23)8-10-20(14,2)19(16)9-11-21(17,18)3/h4,8,10,15-19,23H,5-7,9,11-12H2,1-3H3. The van der Waals surface area contributed by atoms with Crippen molar-refractivity contribution in [3.05, 3.63) is 23.8 Å². The summed E-state index contributed by atoms with van der Waals surface area (Å²) in [4.78, 5) is 12.1. The second-order valence-corrected chi connectivity index (χ2v) is 9.04. The lowest BCUT2D eigenvalue weighted by molar-refractivity contribution is -0.126. The van der Waals surface area contributed by atoms with Gasteiger partial charge in [0.15, 0.2) is 0 Å². The van der Waals surface area contributed by atoms with E-state index in [1.54, 1.807) is 6.92 Å². The van der Waals surface area contributed by atoms with Crippen LogP contribution >= 0.6 is 0 Å². The highest BCUT2D eigenvalue weighted by Gasteiger charge is 2.58. The van der Waals surface area contributed by atoms with Crippen LogP contribution < -0.4 is 0 Å². The number of Topliss-reactive ketones (excluding diaryl/α,β-unsaturated/α-hetero) is 1. The molecule has 4 aliphatic carbocycles. The zero-order valence-corrected chi connectivity index (χ0v) is 14.7. The first-order valence-corrected chi connectivity index (χ1v) is 9.43. The fourth-order valence-electron chi connectivity index (χ4n) is 6.90. The highest BCUT2D eigenvalue weighted by molar-refractivity contribution is 5.79. The van der Waals surface area contributed by atoms with Gasteiger partial charge >= 0.3 is 0 Å². The molecule has 0 aromatic rings. The van der Waals surface area contributed by atoms with Gasteiger partial charge in [-0.25, -0.2) is 0 Å². The fraction of sp³-hybridized carbons (Fsp3) is 0.762. The molecule has 126 valence electrons.